The summed E-state index contributed by atoms with van der Waals surface area (Å²) < 4.78 is 14.7. The molecule has 19 heavy (non-hydrogen) atoms. The van der Waals surface area contributed by atoms with E-state index < -0.39 is 5.82 Å². The number of rotatable bonds is 3. The second kappa shape index (κ2) is 5.26. The number of nitrogens with zero attached hydrogens (tertiary/aromatic N) is 2. The minimum absolute atomic E-state index is 0.0225. The molecule has 0 aliphatic rings. The van der Waals surface area contributed by atoms with Gasteiger partial charge in [0.25, 0.3) is 0 Å². The second-order valence-electron chi connectivity index (χ2n) is 4.18. The van der Waals surface area contributed by atoms with E-state index in [2.05, 4.69) is 10.2 Å². The van der Waals surface area contributed by atoms with Crippen LogP contribution in [0.1, 0.15) is 19.9 Å². The molecule has 0 aliphatic heterocycles. The molecule has 1 aromatic heterocycles. The standard InChI is InChI=1S/C11H12ClFN4OS/c1-5(2)17-10(18)15-16-11(17)19-9-3-6(12)7(13)4-8(9)14/h3-5H,14H2,1-2H3,(H,15,18). The number of anilines is 1. The second-order valence-corrected chi connectivity index (χ2v) is 5.60. The molecule has 0 fully saturated rings. The number of halogens is 2. The van der Waals surface area contributed by atoms with Gasteiger partial charge in [-0.2, -0.15) is 0 Å². The van der Waals surface area contributed by atoms with Gasteiger partial charge in [0.2, 0.25) is 0 Å². The maximum atomic E-state index is 13.2. The summed E-state index contributed by atoms with van der Waals surface area (Å²) in [6.45, 7) is 3.73. The third-order valence-corrected chi connectivity index (χ3v) is 3.78. The van der Waals surface area contributed by atoms with Crippen molar-refractivity contribution in [3.63, 3.8) is 0 Å². The maximum absolute atomic E-state index is 13.2. The van der Waals surface area contributed by atoms with Crippen LogP contribution in [0.5, 0.6) is 0 Å². The first-order chi connectivity index (χ1) is 8.90. The zero-order valence-corrected chi connectivity index (χ0v) is 11.8. The Morgan fingerprint density at radius 3 is 2.84 bits per heavy atom. The van der Waals surface area contributed by atoms with Crippen molar-refractivity contribution < 1.29 is 4.39 Å². The van der Waals surface area contributed by atoms with Gasteiger partial charge in [0, 0.05) is 16.6 Å². The van der Waals surface area contributed by atoms with Gasteiger partial charge in [0.1, 0.15) is 5.82 Å². The van der Waals surface area contributed by atoms with Gasteiger partial charge in [-0.15, -0.1) is 5.10 Å². The van der Waals surface area contributed by atoms with Crippen LogP contribution in [0.15, 0.2) is 27.0 Å². The summed E-state index contributed by atoms with van der Waals surface area (Å²) in [5.41, 5.74) is 5.67. The lowest BCUT2D eigenvalue weighted by Gasteiger charge is -2.10. The highest BCUT2D eigenvalue weighted by atomic mass is 35.5. The van der Waals surface area contributed by atoms with E-state index in [4.69, 9.17) is 17.3 Å². The normalized spacial score (nSPS) is 11.2. The molecule has 0 spiro atoms. The van der Waals surface area contributed by atoms with Crippen LogP contribution < -0.4 is 11.4 Å². The fourth-order valence-electron chi connectivity index (χ4n) is 1.55. The summed E-state index contributed by atoms with van der Waals surface area (Å²) in [6.07, 6.45) is 0. The molecule has 0 saturated carbocycles. The summed E-state index contributed by atoms with van der Waals surface area (Å²) in [5, 5.41) is 6.73. The average Bonchev–Trinajstić information content (AvgIpc) is 2.67. The fourth-order valence-corrected chi connectivity index (χ4v) is 2.81. The van der Waals surface area contributed by atoms with Crippen molar-refractivity contribution in [3.8, 4) is 0 Å². The van der Waals surface area contributed by atoms with Crippen molar-refractivity contribution >= 4 is 29.1 Å². The Morgan fingerprint density at radius 2 is 2.21 bits per heavy atom. The average molecular weight is 303 g/mol. The van der Waals surface area contributed by atoms with Gasteiger partial charge in [-0.25, -0.2) is 14.3 Å². The monoisotopic (exact) mass is 302 g/mol. The van der Waals surface area contributed by atoms with Crippen molar-refractivity contribution in [2.75, 3.05) is 5.73 Å². The number of aromatic nitrogens is 3. The number of nitrogens with two attached hydrogens (primary N) is 1. The van der Waals surface area contributed by atoms with Crippen LogP contribution in [0, 0.1) is 5.82 Å². The quantitative estimate of drug-likeness (QED) is 0.855. The molecule has 102 valence electrons. The molecule has 5 nitrogen and oxygen atoms in total. The number of nitrogen functional groups attached to an aromatic ring is 1. The Balaban J connectivity index is 2.42. The molecule has 3 N–H and O–H groups in total. The molecule has 1 heterocycles. The van der Waals surface area contributed by atoms with Crippen molar-refractivity contribution in [2.24, 2.45) is 0 Å². The summed E-state index contributed by atoms with van der Waals surface area (Å²) in [7, 11) is 0. The number of hydrogen-bond donors (Lipinski definition) is 2. The van der Waals surface area contributed by atoms with Crippen LogP contribution in [-0.4, -0.2) is 14.8 Å². The Labute approximate surface area is 118 Å². The molecule has 0 radical (unpaired) electrons. The third kappa shape index (κ3) is 2.76. The largest absolute Gasteiger partial charge is 0.398 e. The minimum Gasteiger partial charge on any atom is -0.398 e. The number of hydrogen-bond acceptors (Lipinski definition) is 4. The smallest absolute Gasteiger partial charge is 0.344 e. The van der Waals surface area contributed by atoms with Gasteiger partial charge in [-0.3, -0.25) is 4.57 Å². The lowest BCUT2D eigenvalue weighted by Crippen LogP contribution is -2.19. The van der Waals surface area contributed by atoms with Gasteiger partial charge in [-0.1, -0.05) is 11.6 Å². The number of benzene rings is 1. The maximum Gasteiger partial charge on any atom is 0.344 e. The molecule has 1 aromatic carbocycles. The van der Waals surface area contributed by atoms with Crippen LogP contribution >= 0.6 is 23.4 Å². The minimum atomic E-state index is -0.577. The molecular weight excluding hydrogens is 291 g/mol. The summed E-state index contributed by atoms with van der Waals surface area (Å²) >= 11 is 6.88. The third-order valence-electron chi connectivity index (χ3n) is 2.44. The topological polar surface area (TPSA) is 76.7 Å². The molecule has 0 amide bonds. The summed E-state index contributed by atoms with van der Waals surface area (Å²) in [4.78, 5) is 12.1. The zero-order chi connectivity index (χ0) is 14.2. The molecule has 0 aliphatic carbocycles. The van der Waals surface area contributed by atoms with Gasteiger partial charge in [0.15, 0.2) is 5.16 Å². The fraction of sp³-hybridized carbons (Fsp3) is 0.273. The predicted molar refractivity (Wildman–Crippen MR) is 73.2 cm³/mol. The SMILES string of the molecule is CC(C)n1c(Sc2cc(Cl)c(F)cc2N)n[nH]c1=O. The van der Waals surface area contributed by atoms with Gasteiger partial charge >= 0.3 is 5.69 Å². The van der Waals surface area contributed by atoms with Crippen LogP contribution in [0.25, 0.3) is 0 Å². The van der Waals surface area contributed by atoms with E-state index in [-0.39, 0.29) is 22.4 Å². The molecule has 0 unspecified atom stereocenters. The molecule has 0 saturated heterocycles. The molecule has 8 heteroatoms. The molecule has 0 bridgehead atoms. The lowest BCUT2D eigenvalue weighted by atomic mass is 10.3. The Morgan fingerprint density at radius 1 is 1.53 bits per heavy atom. The van der Waals surface area contributed by atoms with Gasteiger partial charge in [-0.05, 0) is 37.7 Å². The number of aromatic amines is 1. The predicted octanol–water partition coefficient (Wildman–Crippen LogP) is 2.68. The molecule has 2 rings (SSSR count). The molecule has 2 aromatic rings. The van der Waals surface area contributed by atoms with Gasteiger partial charge in [0.05, 0.1) is 5.02 Å². The highest BCUT2D eigenvalue weighted by Gasteiger charge is 2.15. The van der Waals surface area contributed by atoms with E-state index in [1.165, 1.54) is 10.6 Å². The first kappa shape index (κ1) is 14.0. The van der Waals surface area contributed by atoms with E-state index in [1.54, 1.807) is 0 Å². The van der Waals surface area contributed by atoms with Crippen LogP contribution in [-0.2, 0) is 0 Å². The first-order valence-corrected chi connectivity index (χ1v) is 6.69. The van der Waals surface area contributed by atoms with Crippen molar-refractivity contribution in [1.29, 1.82) is 0 Å². The number of H-pyrrole nitrogens is 1. The van der Waals surface area contributed by atoms with Crippen molar-refractivity contribution in [2.45, 2.75) is 29.9 Å². The van der Waals surface area contributed by atoms with E-state index in [0.29, 0.717) is 10.1 Å². The van der Waals surface area contributed by atoms with E-state index in [1.807, 2.05) is 13.8 Å². The van der Waals surface area contributed by atoms with Crippen molar-refractivity contribution in [3.05, 3.63) is 33.5 Å². The first-order valence-electron chi connectivity index (χ1n) is 5.49. The Bertz CT molecular complexity index is 667. The molecule has 0 atom stereocenters. The highest BCUT2D eigenvalue weighted by Crippen LogP contribution is 2.34. The van der Waals surface area contributed by atoms with E-state index >= 15 is 0 Å². The van der Waals surface area contributed by atoms with E-state index in [0.717, 1.165) is 17.8 Å². The Hall–Kier alpha value is -1.47. The van der Waals surface area contributed by atoms with Gasteiger partial charge < -0.3 is 5.73 Å². The van der Waals surface area contributed by atoms with Crippen LogP contribution in [0.4, 0.5) is 10.1 Å². The lowest BCUT2D eigenvalue weighted by molar-refractivity contribution is 0.534. The number of nitrogens with one attached hydrogen (secondary N) is 1. The Kier molecular flexibility index (Phi) is 3.86. The zero-order valence-electron chi connectivity index (χ0n) is 10.3. The highest BCUT2D eigenvalue weighted by molar-refractivity contribution is 7.99. The summed E-state index contributed by atoms with van der Waals surface area (Å²) in [5.74, 6) is -0.577. The van der Waals surface area contributed by atoms with Crippen LogP contribution in [0.3, 0.4) is 0 Å². The van der Waals surface area contributed by atoms with Crippen LogP contribution in [0.2, 0.25) is 5.02 Å². The van der Waals surface area contributed by atoms with Crippen molar-refractivity contribution in [1.82, 2.24) is 14.8 Å². The summed E-state index contributed by atoms with van der Waals surface area (Å²) in [6, 6.07) is 2.52. The van der Waals surface area contributed by atoms with E-state index in [9.17, 15) is 9.18 Å². The molecular formula is C11H12ClFN4OS.